The lowest BCUT2D eigenvalue weighted by Crippen LogP contribution is -2.41. The van der Waals surface area contributed by atoms with Gasteiger partial charge in [0, 0.05) is 68.6 Å². The molecule has 212 valence electrons. The predicted molar refractivity (Wildman–Crippen MR) is 157 cm³/mol. The van der Waals surface area contributed by atoms with Crippen molar-refractivity contribution in [3.05, 3.63) is 71.3 Å². The third kappa shape index (κ3) is 5.26. The first-order valence-corrected chi connectivity index (χ1v) is 15.8. The molecule has 1 saturated heterocycles. The standard InChI is InChI=1S/C30H37FN6O2S/c1-30(2)11-17-35(18-19-40(38,39)37-14-3-4-15-37)27-20-23(7-8-25(27)30)34-28-24-10-16-36(21-22(24)9-13-32-28)29-26(31)6-5-12-33-29/h5-9,12-13,20H,3-4,10-11,14-19,21H2,1-2H3,(H,32,34). The number of pyridine rings is 2. The van der Waals surface area contributed by atoms with Crippen LogP contribution in [-0.4, -0.2) is 61.2 Å². The monoisotopic (exact) mass is 564 g/mol. The maximum atomic E-state index is 14.4. The van der Waals surface area contributed by atoms with E-state index in [0.29, 0.717) is 38.5 Å². The molecule has 0 aliphatic carbocycles. The van der Waals surface area contributed by atoms with Crippen LogP contribution in [0.25, 0.3) is 0 Å². The van der Waals surface area contributed by atoms with Gasteiger partial charge in [-0.15, -0.1) is 0 Å². The van der Waals surface area contributed by atoms with Gasteiger partial charge in [-0.25, -0.2) is 27.1 Å². The summed E-state index contributed by atoms with van der Waals surface area (Å²) in [6.07, 6.45) is 7.00. The molecule has 3 aliphatic rings. The molecule has 1 N–H and O–H groups in total. The number of sulfonamides is 1. The Kier molecular flexibility index (Phi) is 7.16. The molecular formula is C30H37FN6O2S. The van der Waals surface area contributed by atoms with Crippen LogP contribution >= 0.6 is 0 Å². The van der Waals surface area contributed by atoms with E-state index in [1.165, 1.54) is 11.6 Å². The Balaban J connectivity index is 1.23. The van der Waals surface area contributed by atoms with Gasteiger partial charge in [0.2, 0.25) is 10.0 Å². The summed E-state index contributed by atoms with van der Waals surface area (Å²) in [5.41, 5.74) is 5.47. The largest absolute Gasteiger partial charge is 0.370 e. The smallest absolute Gasteiger partial charge is 0.215 e. The highest BCUT2D eigenvalue weighted by atomic mass is 32.2. The average Bonchev–Trinajstić information content (AvgIpc) is 3.49. The van der Waals surface area contributed by atoms with E-state index in [2.05, 4.69) is 52.2 Å². The number of aromatic nitrogens is 2. The Morgan fingerprint density at radius 3 is 2.65 bits per heavy atom. The van der Waals surface area contributed by atoms with Gasteiger partial charge in [-0.1, -0.05) is 19.9 Å². The lowest BCUT2D eigenvalue weighted by atomic mass is 9.77. The van der Waals surface area contributed by atoms with Crippen LogP contribution in [0.3, 0.4) is 0 Å². The Morgan fingerprint density at radius 1 is 1.02 bits per heavy atom. The highest BCUT2D eigenvalue weighted by molar-refractivity contribution is 7.89. The van der Waals surface area contributed by atoms with Crippen molar-refractivity contribution in [2.75, 3.05) is 53.6 Å². The molecule has 0 saturated carbocycles. The van der Waals surface area contributed by atoms with Gasteiger partial charge in [-0.05, 0) is 72.6 Å². The molecule has 0 atom stereocenters. The average molecular weight is 565 g/mol. The summed E-state index contributed by atoms with van der Waals surface area (Å²) in [6, 6.07) is 11.4. The molecule has 3 aromatic rings. The second-order valence-electron chi connectivity index (χ2n) is 11.7. The molecule has 0 radical (unpaired) electrons. The van der Waals surface area contributed by atoms with Crippen molar-refractivity contribution in [2.24, 2.45) is 0 Å². The van der Waals surface area contributed by atoms with Crippen LogP contribution in [0.1, 0.15) is 49.8 Å². The van der Waals surface area contributed by atoms with Gasteiger partial charge in [0.15, 0.2) is 11.6 Å². The van der Waals surface area contributed by atoms with Gasteiger partial charge >= 0.3 is 0 Å². The van der Waals surface area contributed by atoms with Crippen molar-refractivity contribution in [2.45, 2.75) is 51.5 Å². The Labute approximate surface area is 236 Å². The van der Waals surface area contributed by atoms with Gasteiger partial charge in [0.1, 0.15) is 5.82 Å². The van der Waals surface area contributed by atoms with Crippen LogP contribution < -0.4 is 15.1 Å². The fourth-order valence-corrected chi connectivity index (χ4v) is 7.72. The number of benzene rings is 1. The molecule has 8 nitrogen and oxygen atoms in total. The first-order valence-electron chi connectivity index (χ1n) is 14.2. The number of nitrogens with zero attached hydrogens (tertiary/aromatic N) is 5. The quantitative estimate of drug-likeness (QED) is 0.440. The zero-order valence-electron chi connectivity index (χ0n) is 23.2. The highest BCUT2D eigenvalue weighted by Gasteiger charge is 2.33. The number of hydrogen-bond donors (Lipinski definition) is 1. The topological polar surface area (TPSA) is 81.7 Å². The summed E-state index contributed by atoms with van der Waals surface area (Å²) >= 11 is 0. The van der Waals surface area contributed by atoms with E-state index in [0.717, 1.165) is 60.5 Å². The van der Waals surface area contributed by atoms with E-state index in [1.807, 2.05) is 11.0 Å². The van der Waals surface area contributed by atoms with Crippen LogP contribution in [0.2, 0.25) is 0 Å². The number of anilines is 4. The molecule has 0 unspecified atom stereocenters. The molecule has 0 spiro atoms. The molecule has 40 heavy (non-hydrogen) atoms. The molecule has 6 rings (SSSR count). The van der Waals surface area contributed by atoms with Gasteiger partial charge in [-0.3, -0.25) is 0 Å². The third-order valence-electron chi connectivity index (χ3n) is 8.60. The maximum Gasteiger partial charge on any atom is 0.215 e. The van der Waals surface area contributed by atoms with Crippen LogP contribution in [0, 0.1) is 5.82 Å². The van der Waals surface area contributed by atoms with Crippen molar-refractivity contribution in [3.63, 3.8) is 0 Å². The maximum absolute atomic E-state index is 14.4. The lowest BCUT2D eigenvalue weighted by Gasteiger charge is -2.40. The second-order valence-corrected chi connectivity index (χ2v) is 13.8. The Hall–Kier alpha value is -3.24. The number of fused-ring (bicyclic) bond motifs is 2. The summed E-state index contributed by atoms with van der Waals surface area (Å²) in [4.78, 5) is 13.1. The van der Waals surface area contributed by atoms with Gasteiger partial charge in [0.25, 0.3) is 0 Å². The Bertz CT molecular complexity index is 1510. The minimum atomic E-state index is -3.25. The van der Waals surface area contributed by atoms with Crippen LogP contribution in [0.4, 0.5) is 27.4 Å². The summed E-state index contributed by atoms with van der Waals surface area (Å²) in [7, 11) is -3.25. The minimum absolute atomic E-state index is 0.00651. The van der Waals surface area contributed by atoms with E-state index in [4.69, 9.17) is 0 Å². The summed E-state index contributed by atoms with van der Waals surface area (Å²) in [6.45, 7) is 8.30. The van der Waals surface area contributed by atoms with Crippen molar-refractivity contribution < 1.29 is 12.8 Å². The third-order valence-corrected chi connectivity index (χ3v) is 10.4. The molecular weight excluding hydrogens is 527 g/mol. The number of nitrogens with one attached hydrogen (secondary N) is 1. The predicted octanol–water partition coefficient (Wildman–Crippen LogP) is 4.84. The summed E-state index contributed by atoms with van der Waals surface area (Å²) in [5, 5.41) is 3.54. The van der Waals surface area contributed by atoms with Crippen LogP contribution in [0.15, 0.2) is 48.8 Å². The molecule has 3 aliphatic heterocycles. The first kappa shape index (κ1) is 27.0. The zero-order valence-corrected chi connectivity index (χ0v) is 24.1. The van der Waals surface area contributed by atoms with Crippen molar-refractivity contribution in [1.82, 2.24) is 14.3 Å². The van der Waals surface area contributed by atoms with E-state index in [9.17, 15) is 12.8 Å². The summed E-state index contributed by atoms with van der Waals surface area (Å²) in [5.74, 6) is 1.000. The summed E-state index contributed by atoms with van der Waals surface area (Å²) < 4.78 is 41.9. The molecule has 0 amide bonds. The first-order chi connectivity index (χ1) is 19.2. The lowest BCUT2D eigenvalue weighted by molar-refractivity contribution is 0.452. The fraction of sp³-hybridized carbons (Fsp3) is 0.467. The SMILES string of the molecule is CC1(C)CCN(CCS(=O)(=O)N2CCCC2)c2cc(Nc3nccc4c3CCN(c3ncccc3F)C4)ccc21. The molecule has 1 fully saturated rings. The van der Waals surface area contributed by atoms with Crippen LogP contribution in [0.5, 0.6) is 0 Å². The van der Waals surface area contributed by atoms with Crippen molar-refractivity contribution in [1.29, 1.82) is 0 Å². The molecule has 0 bridgehead atoms. The van der Waals surface area contributed by atoms with Gasteiger partial charge < -0.3 is 15.1 Å². The normalized spacial score (nSPS) is 18.9. The minimum Gasteiger partial charge on any atom is -0.370 e. The second kappa shape index (κ2) is 10.6. The van der Waals surface area contributed by atoms with E-state index in [1.54, 1.807) is 22.8 Å². The number of hydrogen-bond acceptors (Lipinski definition) is 7. The Morgan fingerprint density at radius 2 is 1.85 bits per heavy atom. The fourth-order valence-electron chi connectivity index (χ4n) is 6.19. The van der Waals surface area contributed by atoms with E-state index < -0.39 is 10.0 Å². The van der Waals surface area contributed by atoms with Crippen molar-refractivity contribution >= 4 is 33.0 Å². The number of halogens is 1. The molecule has 1 aromatic carbocycles. The van der Waals surface area contributed by atoms with Crippen molar-refractivity contribution in [3.8, 4) is 0 Å². The van der Waals surface area contributed by atoms with Gasteiger partial charge in [0.05, 0.1) is 5.75 Å². The van der Waals surface area contributed by atoms with E-state index in [-0.39, 0.29) is 17.0 Å². The molecule has 5 heterocycles. The van der Waals surface area contributed by atoms with Crippen LogP contribution in [-0.2, 0) is 28.4 Å². The van der Waals surface area contributed by atoms with Gasteiger partial charge in [-0.2, -0.15) is 0 Å². The zero-order chi connectivity index (χ0) is 27.9. The molecule has 10 heteroatoms. The highest BCUT2D eigenvalue weighted by Crippen LogP contribution is 2.41. The molecule has 2 aromatic heterocycles. The number of rotatable bonds is 7. The van der Waals surface area contributed by atoms with E-state index >= 15 is 0 Å².